The maximum atomic E-state index is 13.9. The van der Waals surface area contributed by atoms with E-state index in [2.05, 4.69) is 10.3 Å². The zero-order chi connectivity index (χ0) is 13.7. The predicted octanol–water partition coefficient (Wildman–Crippen LogP) is 2.93. The molecule has 0 aliphatic rings. The van der Waals surface area contributed by atoms with Gasteiger partial charge in [-0.05, 0) is 36.4 Å². The summed E-state index contributed by atoms with van der Waals surface area (Å²) >= 11 is 0. The van der Waals surface area contributed by atoms with E-state index in [1.165, 1.54) is 6.07 Å². The number of methoxy groups -OCH3 is 1. The van der Waals surface area contributed by atoms with Crippen molar-refractivity contribution in [3.63, 3.8) is 0 Å². The van der Waals surface area contributed by atoms with Gasteiger partial charge in [0, 0.05) is 6.20 Å². The Hall–Kier alpha value is -1.94. The predicted molar refractivity (Wildman–Crippen MR) is 72.7 cm³/mol. The molecule has 0 saturated carbocycles. The van der Waals surface area contributed by atoms with E-state index in [1.54, 1.807) is 19.4 Å². The van der Waals surface area contributed by atoms with Gasteiger partial charge >= 0.3 is 0 Å². The second-order valence-electron chi connectivity index (χ2n) is 4.14. The van der Waals surface area contributed by atoms with Gasteiger partial charge in [0.05, 0.1) is 18.8 Å². The third-order valence-corrected chi connectivity index (χ3v) is 2.90. The quantitative estimate of drug-likeness (QED) is 0.897. The number of aromatic nitrogens is 1. The van der Waals surface area contributed by atoms with E-state index in [-0.39, 0.29) is 11.9 Å². The Labute approximate surface area is 112 Å². The Morgan fingerprint density at radius 3 is 2.84 bits per heavy atom. The topological polar surface area (TPSA) is 34.1 Å². The van der Waals surface area contributed by atoms with Crippen LogP contribution in [0, 0.1) is 5.82 Å². The monoisotopic (exact) mass is 260 g/mol. The van der Waals surface area contributed by atoms with Crippen LogP contribution in [0.3, 0.4) is 0 Å². The van der Waals surface area contributed by atoms with Gasteiger partial charge in [0.15, 0.2) is 0 Å². The van der Waals surface area contributed by atoms with Crippen LogP contribution < -0.4 is 10.1 Å². The summed E-state index contributed by atoms with van der Waals surface area (Å²) in [5.41, 5.74) is 1.33. The first kappa shape index (κ1) is 13.5. The van der Waals surface area contributed by atoms with Crippen LogP contribution in [-0.4, -0.2) is 18.6 Å². The number of halogens is 1. The first-order valence-corrected chi connectivity index (χ1v) is 6.24. The Morgan fingerprint density at radius 1 is 1.32 bits per heavy atom. The highest BCUT2D eigenvalue weighted by atomic mass is 19.1. The molecule has 0 aliphatic heterocycles. The van der Waals surface area contributed by atoms with Crippen molar-refractivity contribution >= 4 is 0 Å². The minimum atomic E-state index is -0.309. The SMILES string of the molecule is CCNC(c1cccc(OC)c1)c1ncccc1F. The number of benzene rings is 1. The molecule has 100 valence electrons. The minimum Gasteiger partial charge on any atom is -0.497 e. The molecular weight excluding hydrogens is 243 g/mol. The van der Waals surface area contributed by atoms with Gasteiger partial charge in [-0.1, -0.05) is 19.1 Å². The zero-order valence-corrected chi connectivity index (χ0v) is 11.1. The van der Waals surface area contributed by atoms with Gasteiger partial charge in [-0.15, -0.1) is 0 Å². The fourth-order valence-electron chi connectivity index (χ4n) is 2.01. The molecule has 1 unspecified atom stereocenters. The van der Waals surface area contributed by atoms with Crippen molar-refractivity contribution in [1.82, 2.24) is 10.3 Å². The highest BCUT2D eigenvalue weighted by Gasteiger charge is 2.18. The molecule has 0 spiro atoms. The van der Waals surface area contributed by atoms with Crippen LogP contribution in [0.1, 0.15) is 24.2 Å². The lowest BCUT2D eigenvalue weighted by Crippen LogP contribution is -2.24. The minimum absolute atomic E-state index is 0.277. The highest BCUT2D eigenvalue weighted by Crippen LogP contribution is 2.25. The first-order chi connectivity index (χ1) is 9.26. The Bertz CT molecular complexity index is 545. The Balaban J connectivity index is 2.42. The molecule has 4 heteroatoms. The smallest absolute Gasteiger partial charge is 0.146 e. The first-order valence-electron chi connectivity index (χ1n) is 6.24. The Morgan fingerprint density at radius 2 is 2.16 bits per heavy atom. The number of hydrogen-bond donors (Lipinski definition) is 1. The molecule has 1 atom stereocenters. The van der Waals surface area contributed by atoms with Crippen LogP contribution in [0.15, 0.2) is 42.6 Å². The van der Waals surface area contributed by atoms with Crippen LogP contribution in [0.5, 0.6) is 5.75 Å². The molecule has 0 saturated heterocycles. The molecule has 0 radical (unpaired) electrons. The average molecular weight is 260 g/mol. The zero-order valence-electron chi connectivity index (χ0n) is 11.1. The van der Waals surface area contributed by atoms with Crippen molar-refractivity contribution < 1.29 is 9.13 Å². The normalized spacial score (nSPS) is 12.2. The van der Waals surface area contributed by atoms with Gasteiger partial charge in [-0.2, -0.15) is 0 Å². The summed E-state index contributed by atoms with van der Waals surface area (Å²) in [4.78, 5) is 4.15. The number of hydrogen-bond acceptors (Lipinski definition) is 3. The summed E-state index contributed by atoms with van der Waals surface area (Å²) in [6.45, 7) is 2.70. The molecule has 2 rings (SSSR count). The standard InChI is InChI=1S/C15H17FN2O/c1-3-17-14(15-13(16)8-5-9-18-15)11-6-4-7-12(10-11)19-2/h4-10,14,17H,3H2,1-2H3. The van der Waals surface area contributed by atoms with E-state index < -0.39 is 0 Å². The molecule has 1 heterocycles. The van der Waals surface area contributed by atoms with Gasteiger partial charge in [0.25, 0.3) is 0 Å². The number of pyridine rings is 1. The third-order valence-electron chi connectivity index (χ3n) is 2.90. The number of nitrogens with zero attached hydrogens (tertiary/aromatic N) is 1. The summed E-state index contributed by atoms with van der Waals surface area (Å²) in [7, 11) is 1.61. The van der Waals surface area contributed by atoms with Crippen LogP contribution in [-0.2, 0) is 0 Å². The lowest BCUT2D eigenvalue weighted by atomic mass is 10.0. The number of rotatable bonds is 5. The molecule has 0 bridgehead atoms. The van der Waals surface area contributed by atoms with E-state index in [0.29, 0.717) is 5.69 Å². The van der Waals surface area contributed by atoms with Crippen molar-refractivity contribution in [3.05, 3.63) is 59.7 Å². The van der Waals surface area contributed by atoms with Crippen LogP contribution in [0.2, 0.25) is 0 Å². The molecular formula is C15H17FN2O. The van der Waals surface area contributed by atoms with E-state index in [0.717, 1.165) is 17.9 Å². The average Bonchev–Trinajstić information content (AvgIpc) is 2.46. The van der Waals surface area contributed by atoms with Gasteiger partial charge in [-0.25, -0.2) is 4.39 Å². The molecule has 0 amide bonds. The second kappa shape index (κ2) is 6.29. The van der Waals surface area contributed by atoms with E-state index in [1.807, 2.05) is 31.2 Å². The van der Waals surface area contributed by atoms with Gasteiger partial charge in [-0.3, -0.25) is 4.98 Å². The van der Waals surface area contributed by atoms with Crippen molar-refractivity contribution in [3.8, 4) is 5.75 Å². The lowest BCUT2D eigenvalue weighted by molar-refractivity contribution is 0.413. The molecule has 1 aromatic heterocycles. The van der Waals surface area contributed by atoms with Gasteiger partial charge in [0.1, 0.15) is 11.6 Å². The van der Waals surface area contributed by atoms with E-state index in [9.17, 15) is 4.39 Å². The second-order valence-corrected chi connectivity index (χ2v) is 4.14. The number of ether oxygens (including phenoxy) is 1. The lowest BCUT2D eigenvalue weighted by Gasteiger charge is -2.19. The summed E-state index contributed by atoms with van der Waals surface area (Å²) in [6.07, 6.45) is 1.60. The van der Waals surface area contributed by atoms with E-state index >= 15 is 0 Å². The molecule has 19 heavy (non-hydrogen) atoms. The maximum absolute atomic E-state index is 13.9. The summed E-state index contributed by atoms with van der Waals surface area (Å²) in [6, 6.07) is 10.3. The third kappa shape index (κ3) is 3.09. The van der Waals surface area contributed by atoms with Crippen molar-refractivity contribution in [2.75, 3.05) is 13.7 Å². The molecule has 1 N–H and O–H groups in total. The van der Waals surface area contributed by atoms with E-state index in [4.69, 9.17) is 4.74 Å². The van der Waals surface area contributed by atoms with Gasteiger partial charge < -0.3 is 10.1 Å². The molecule has 2 aromatic rings. The maximum Gasteiger partial charge on any atom is 0.146 e. The summed E-state index contributed by atoms with van der Waals surface area (Å²) < 4.78 is 19.1. The molecule has 0 fully saturated rings. The highest BCUT2D eigenvalue weighted by molar-refractivity contribution is 5.35. The fraction of sp³-hybridized carbons (Fsp3) is 0.267. The van der Waals surface area contributed by atoms with Crippen molar-refractivity contribution in [2.45, 2.75) is 13.0 Å². The summed E-state index contributed by atoms with van der Waals surface area (Å²) in [5.74, 6) is 0.438. The van der Waals surface area contributed by atoms with Crippen molar-refractivity contribution in [2.24, 2.45) is 0 Å². The van der Waals surface area contributed by atoms with Crippen LogP contribution in [0.25, 0.3) is 0 Å². The number of nitrogens with one attached hydrogen (secondary N) is 1. The summed E-state index contributed by atoms with van der Waals surface area (Å²) in [5, 5.41) is 3.25. The fourth-order valence-corrected chi connectivity index (χ4v) is 2.01. The molecule has 1 aromatic carbocycles. The van der Waals surface area contributed by atoms with Crippen LogP contribution >= 0.6 is 0 Å². The molecule has 3 nitrogen and oxygen atoms in total. The Kier molecular flexibility index (Phi) is 4.47. The van der Waals surface area contributed by atoms with Crippen LogP contribution in [0.4, 0.5) is 4.39 Å². The van der Waals surface area contributed by atoms with Gasteiger partial charge in [0.2, 0.25) is 0 Å². The molecule has 0 aliphatic carbocycles. The van der Waals surface area contributed by atoms with Crippen molar-refractivity contribution in [1.29, 1.82) is 0 Å². The largest absolute Gasteiger partial charge is 0.497 e.